The highest BCUT2D eigenvalue weighted by Gasteiger charge is 2.27. The van der Waals surface area contributed by atoms with Crippen LogP contribution in [0.2, 0.25) is 4.34 Å². The smallest absolute Gasteiger partial charge is 0.303 e. The minimum atomic E-state index is -0.773. The number of amides is 1. The van der Waals surface area contributed by atoms with E-state index in [0.29, 0.717) is 34.6 Å². The summed E-state index contributed by atoms with van der Waals surface area (Å²) in [6, 6.07) is 3.46. The van der Waals surface area contributed by atoms with E-state index < -0.39 is 5.97 Å². The third-order valence-electron chi connectivity index (χ3n) is 3.12. The van der Waals surface area contributed by atoms with Gasteiger partial charge in [-0.1, -0.05) is 11.6 Å². The van der Waals surface area contributed by atoms with E-state index in [1.165, 1.54) is 11.3 Å². The summed E-state index contributed by atoms with van der Waals surface area (Å²) in [6.45, 7) is 1.36. The fraction of sp³-hybridized carbons (Fsp3) is 0.500. The molecule has 6 heteroatoms. The Hall–Kier alpha value is -1.07. The Morgan fingerprint density at radius 3 is 2.89 bits per heavy atom. The number of aliphatic carboxylic acids is 1. The van der Waals surface area contributed by atoms with Crippen LogP contribution in [-0.4, -0.2) is 35.0 Å². The van der Waals surface area contributed by atoms with E-state index in [4.69, 9.17) is 16.7 Å². The van der Waals surface area contributed by atoms with Crippen LogP contribution in [0.1, 0.15) is 28.9 Å². The number of rotatable bonds is 4. The van der Waals surface area contributed by atoms with Crippen molar-refractivity contribution in [1.29, 1.82) is 0 Å². The van der Waals surface area contributed by atoms with Crippen molar-refractivity contribution in [2.45, 2.75) is 19.3 Å². The molecule has 1 amide bonds. The Labute approximate surface area is 114 Å². The molecule has 1 saturated heterocycles. The number of carbonyl (C=O) groups is 2. The van der Waals surface area contributed by atoms with Gasteiger partial charge in [-0.2, -0.15) is 0 Å². The predicted molar refractivity (Wildman–Crippen MR) is 70.2 cm³/mol. The number of halogens is 1. The summed E-state index contributed by atoms with van der Waals surface area (Å²) >= 11 is 7.09. The number of nitrogens with zero attached hydrogens (tertiary/aromatic N) is 1. The van der Waals surface area contributed by atoms with Gasteiger partial charge in [0.2, 0.25) is 0 Å². The first-order valence-electron chi connectivity index (χ1n) is 5.82. The summed E-state index contributed by atoms with van der Waals surface area (Å²) in [6.07, 6.45) is 1.71. The van der Waals surface area contributed by atoms with Gasteiger partial charge < -0.3 is 10.0 Å². The average molecular weight is 288 g/mol. The Bertz CT molecular complexity index is 460. The van der Waals surface area contributed by atoms with Gasteiger partial charge >= 0.3 is 5.97 Å². The molecule has 0 radical (unpaired) electrons. The number of hydrogen-bond donors (Lipinski definition) is 1. The molecule has 0 spiro atoms. The monoisotopic (exact) mass is 287 g/mol. The first-order valence-corrected chi connectivity index (χ1v) is 7.02. The van der Waals surface area contributed by atoms with Crippen molar-refractivity contribution in [2.75, 3.05) is 13.1 Å². The van der Waals surface area contributed by atoms with Gasteiger partial charge in [-0.15, -0.1) is 11.3 Å². The highest BCUT2D eigenvalue weighted by molar-refractivity contribution is 7.17. The molecule has 1 unspecified atom stereocenters. The highest BCUT2D eigenvalue weighted by Crippen LogP contribution is 2.26. The normalized spacial score (nSPS) is 19.2. The minimum absolute atomic E-state index is 0.00438. The lowest BCUT2D eigenvalue weighted by atomic mass is 10.0. The van der Waals surface area contributed by atoms with Gasteiger partial charge in [-0.25, -0.2) is 0 Å². The summed E-state index contributed by atoms with van der Waals surface area (Å²) in [5, 5.41) is 8.64. The lowest BCUT2D eigenvalue weighted by Crippen LogP contribution is -2.28. The van der Waals surface area contributed by atoms with Crippen LogP contribution in [0.5, 0.6) is 0 Å². The number of hydrogen-bond acceptors (Lipinski definition) is 3. The van der Waals surface area contributed by atoms with Gasteiger partial charge in [0.25, 0.3) is 5.91 Å². The molecule has 1 fully saturated rings. The van der Waals surface area contributed by atoms with E-state index in [0.717, 1.165) is 6.42 Å². The zero-order valence-electron chi connectivity index (χ0n) is 9.76. The first-order chi connectivity index (χ1) is 8.56. The van der Waals surface area contributed by atoms with Crippen LogP contribution in [-0.2, 0) is 4.79 Å². The van der Waals surface area contributed by atoms with Crippen molar-refractivity contribution in [3.05, 3.63) is 21.3 Å². The topological polar surface area (TPSA) is 57.6 Å². The van der Waals surface area contributed by atoms with Crippen LogP contribution in [0, 0.1) is 5.92 Å². The van der Waals surface area contributed by atoms with Crippen LogP contribution in [0.15, 0.2) is 12.1 Å². The second-order valence-electron chi connectivity index (χ2n) is 4.44. The second kappa shape index (κ2) is 5.71. The predicted octanol–water partition coefficient (Wildman–Crippen LogP) is 2.73. The molecule has 0 aromatic carbocycles. The minimum Gasteiger partial charge on any atom is -0.481 e. The van der Waals surface area contributed by atoms with Crippen LogP contribution in [0.25, 0.3) is 0 Å². The Balaban J connectivity index is 1.88. The number of carboxylic acids is 1. The van der Waals surface area contributed by atoms with E-state index in [9.17, 15) is 9.59 Å². The van der Waals surface area contributed by atoms with Gasteiger partial charge in [0.15, 0.2) is 0 Å². The first kappa shape index (κ1) is 13.4. The Kier molecular flexibility index (Phi) is 4.24. The second-order valence-corrected chi connectivity index (χ2v) is 6.16. The van der Waals surface area contributed by atoms with Crippen molar-refractivity contribution >= 4 is 34.8 Å². The summed E-state index contributed by atoms with van der Waals surface area (Å²) in [7, 11) is 0. The number of carboxylic acid groups (broad SMARTS) is 1. The lowest BCUT2D eigenvalue weighted by molar-refractivity contribution is -0.137. The van der Waals surface area contributed by atoms with Crippen molar-refractivity contribution < 1.29 is 14.7 Å². The largest absolute Gasteiger partial charge is 0.481 e. The van der Waals surface area contributed by atoms with E-state index in [1.54, 1.807) is 17.0 Å². The summed E-state index contributed by atoms with van der Waals surface area (Å²) in [4.78, 5) is 25.0. The highest BCUT2D eigenvalue weighted by atomic mass is 35.5. The van der Waals surface area contributed by atoms with Gasteiger partial charge in [-0.3, -0.25) is 9.59 Å². The molecule has 0 aliphatic carbocycles. The molecule has 18 heavy (non-hydrogen) atoms. The molecule has 98 valence electrons. The van der Waals surface area contributed by atoms with E-state index >= 15 is 0 Å². The van der Waals surface area contributed by atoms with Gasteiger partial charge in [0.1, 0.15) is 0 Å². The molecule has 1 aromatic rings. The molecule has 0 saturated carbocycles. The third kappa shape index (κ3) is 3.23. The molecule has 0 bridgehead atoms. The maximum atomic E-state index is 12.1. The van der Waals surface area contributed by atoms with Crippen molar-refractivity contribution in [3.8, 4) is 0 Å². The summed E-state index contributed by atoms with van der Waals surface area (Å²) < 4.78 is 0.611. The zero-order valence-corrected chi connectivity index (χ0v) is 11.3. The van der Waals surface area contributed by atoms with Crippen LogP contribution in [0.4, 0.5) is 0 Å². The van der Waals surface area contributed by atoms with E-state index in [1.807, 2.05) is 0 Å². The van der Waals surface area contributed by atoms with Gasteiger partial charge in [-0.05, 0) is 30.9 Å². The van der Waals surface area contributed by atoms with Crippen molar-refractivity contribution in [3.63, 3.8) is 0 Å². The number of likely N-dealkylation sites (tertiary alicyclic amines) is 1. The molecule has 1 N–H and O–H groups in total. The fourth-order valence-corrected chi connectivity index (χ4v) is 3.18. The standard InChI is InChI=1S/C12H14ClNO3S/c13-10-3-2-9(18-10)12(17)14-6-5-8(7-14)1-4-11(15)16/h2-3,8H,1,4-7H2,(H,15,16). The average Bonchev–Trinajstić information content (AvgIpc) is 2.94. The SMILES string of the molecule is O=C(O)CCC1CCN(C(=O)c2ccc(Cl)s2)C1. The zero-order chi connectivity index (χ0) is 13.1. The van der Waals surface area contributed by atoms with Crippen molar-refractivity contribution in [1.82, 2.24) is 4.90 Å². The number of carbonyl (C=O) groups excluding carboxylic acids is 1. The molecule has 4 nitrogen and oxygen atoms in total. The van der Waals surface area contributed by atoms with Gasteiger partial charge in [0.05, 0.1) is 9.21 Å². The molecule has 2 heterocycles. The quantitative estimate of drug-likeness (QED) is 0.926. The molecule has 1 aliphatic rings. The van der Waals surface area contributed by atoms with Gasteiger partial charge in [0, 0.05) is 19.5 Å². The molecule has 1 aliphatic heterocycles. The summed E-state index contributed by atoms with van der Waals surface area (Å²) in [5.41, 5.74) is 0. The maximum Gasteiger partial charge on any atom is 0.303 e. The Morgan fingerprint density at radius 2 is 2.28 bits per heavy atom. The van der Waals surface area contributed by atoms with E-state index in [-0.39, 0.29) is 12.3 Å². The fourth-order valence-electron chi connectivity index (χ4n) is 2.17. The third-order valence-corrected chi connectivity index (χ3v) is 4.34. The molecular formula is C12H14ClNO3S. The van der Waals surface area contributed by atoms with Crippen LogP contribution in [0.3, 0.4) is 0 Å². The molecule has 2 rings (SSSR count). The molecule has 1 atom stereocenters. The maximum absolute atomic E-state index is 12.1. The molecular weight excluding hydrogens is 274 g/mol. The van der Waals surface area contributed by atoms with Crippen LogP contribution >= 0.6 is 22.9 Å². The Morgan fingerprint density at radius 1 is 1.50 bits per heavy atom. The van der Waals surface area contributed by atoms with Crippen LogP contribution < -0.4 is 0 Å². The van der Waals surface area contributed by atoms with E-state index in [2.05, 4.69) is 0 Å². The molecule has 1 aromatic heterocycles. The lowest BCUT2D eigenvalue weighted by Gasteiger charge is -2.15. The van der Waals surface area contributed by atoms with Crippen molar-refractivity contribution in [2.24, 2.45) is 5.92 Å². The summed E-state index contributed by atoms with van der Waals surface area (Å²) in [5.74, 6) is -0.463. The number of thiophene rings is 1.